The smallest absolute Gasteiger partial charge is 0.407 e. The average Bonchev–Trinajstić information content (AvgIpc) is 1.62. The Balaban J connectivity index is 0.839. The lowest BCUT2D eigenvalue weighted by Crippen LogP contribution is -2.29. The molecule has 0 unspecified atom stereocenters. The summed E-state index contributed by atoms with van der Waals surface area (Å²) < 4.78 is 154. The number of amides is 1. The van der Waals surface area contributed by atoms with Gasteiger partial charge >= 0.3 is 12.1 Å². The van der Waals surface area contributed by atoms with Crippen molar-refractivity contribution < 1.29 is 147 Å². The van der Waals surface area contributed by atoms with Crippen LogP contribution in [0.4, 0.5) is 4.79 Å². The van der Waals surface area contributed by atoms with Crippen molar-refractivity contribution in [1.29, 1.82) is 0 Å². The van der Waals surface area contributed by atoms with E-state index in [4.69, 9.17) is 138 Å². The second-order valence-electron chi connectivity index (χ2n) is 21.9. The first-order valence-corrected chi connectivity index (χ1v) is 36.6. The number of benzene rings is 2. The lowest BCUT2D eigenvalue weighted by atomic mass is 9.98. The monoisotopic (exact) mass is 1500 g/mol. The highest BCUT2D eigenvalue weighted by Crippen LogP contribution is 2.44. The molecule has 0 spiro atoms. The van der Waals surface area contributed by atoms with E-state index >= 15 is 0 Å². The van der Waals surface area contributed by atoms with Crippen LogP contribution in [0.25, 0.3) is 11.1 Å². The maximum atomic E-state index is 12.3. The van der Waals surface area contributed by atoms with Crippen LogP contribution in [0.2, 0.25) is 0 Å². The molecule has 32 heteroatoms. The van der Waals surface area contributed by atoms with Crippen molar-refractivity contribution in [2.45, 2.75) is 12.3 Å². The van der Waals surface area contributed by atoms with Gasteiger partial charge in [-0.05, 0) is 22.3 Å². The summed E-state index contributed by atoms with van der Waals surface area (Å²) in [7, 11) is 0. The molecule has 1 aliphatic rings. The van der Waals surface area contributed by atoms with Crippen LogP contribution in [0.5, 0.6) is 0 Å². The first kappa shape index (κ1) is 94.3. The number of hydrogen-bond acceptors (Lipinski definition) is 30. The third kappa shape index (κ3) is 62.0. The maximum Gasteiger partial charge on any atom is 0.407 e. The third-order valence-electron chi connectivity index (χ3n) is 14.0. The van der Waals surface area contributed by atoms with E-state index in [1.54, 1.807) is 0 Å². The van der Waals surface area contributed by atoms with Crippen molar-refractivity contribution in [3.63, 3.8) is 0 Å². The quantitative estimate of drug-likeness (QED) is 0.0896. The van der Waals surface area contributed by atoms with Crippen molar-refractivity contribution >= 4 is 12.1 Å². The number of carbonyl (C=O) groups is 2. The number of alkyl carbamates (subject to hydrolysis) is 1. The van der Waals surface area contributed by atoms with Crippen LogP contribution in [0.15, 0.2) is 48.5 Å². The molecule has 0 aromatic heterocycles. The summed E-state index contributed by atoms with van der Waals surface area (Å²) in [5.74, 6) is -0.856. The molecule has 0 saturated carbocycles. The van der Waals surface area contributed by atoms with E-state index in [9.17, 15) is 9.59 Å². The number of nitrogens with one attached hydrogen (secondary N) is 1. The van der Waals surface area contributed by atoms with Crippen molar-refractivity contribution in [3.05, 3.63) is 59.7 Å². The number of hydrogen-bond donors (Lipinski definition) is 2. The molecule has 604 valence electrons. The van der Waals surface area contributed by atoms with Gasteiger partial charge in [0.1, 0.15) is 6.61 Å². The predicted octanol–water partition coefficient (Wildman–Crippen LogP) is 3.45. The molecule has 0 bridgehead atoms. The van der Waals surface area contributed by atoms with Crippen molar-refractivity contribution in [2.24, 2.45) is 0 Å². The van der Waals surface area contributed by atoms with Crippen molar-refractivity contribution in [3.8, 4) is 11.1 Å². The molecule has 2 N–H and O–H groups in total. The van der Waals surface area contributed by atoms with Crippen molar-refractivity contribution in [2.75, 3.05) is 370 Å². The maximum absolute atomic E-state index is 12.3. The Hall–Kier alpha value is -3.90. The minimum atomic E-state index is -0.881. The SMILES string of the molecule is O=C(O)CCOCCOCCOCCOCCOCCOCCOCCOCCOCCOCCOCCOCCOCCOCCOCCOCCOCCOCCOCCOCCOCCOCCOCCOCCOCCOCCOCCNC(=O)OCC1c2ccccc2-c2ccccc21. The van der Waals surface area contributed by atoms with Gasteiger partial charge in [0, 0.05) is 12.5 Å². The van der Waals surface area contributed by atoms with E-state index in [0.29, 0.717) is 357 Å². The van der Waals surface area contributed by atoms with Crippen LogP contribution >= 0.6 is 0 Å². The zero-order valence-electron chi connectivity index (χ0n) is 61.7. The van der Waals surface area contributed by atoms with E-state index in [-0.39, 0.29) is 25.6 Å². The van der Waals surface area contributed by atoms with Crippen LogP contribution in [0.3, 0.4) is 0 Å². The normalized spacial score (nSPS) is 12.1. The Labute approximate surface area is 615 Å². The van der Waals surface area contributed by atoms with E-state index in [1.165, 1.54) is 22.3 Å². The van der Waals surface area contributed by atoms with Gasteiger partial charge in [0.05, 0.1) is 363 Å². The molecule has 0 atom stereocenters. The molecule has 104 heavy (non-hydrogen) atoms. The molecule has 2 aromatic carbocycles. The lowest BCUT2D eigenvalue weighted by Gasteiger charge is -2.14. The van der Waals surface area contributed by atoms with Gasteiger partial charge in [-0.2, -0.15) is 0 Å². The summed E-state index contributed by atoms with van der Waals surface area (Å²) in [6.45, 7) is 25.3. The Morgan fingerprint density at radius 2 is 0.404 bits per heavy atom. The highest BCUT2D eigenvalue weighted by Gasteiger charge is 2.29. The van der Waals surface area contributed by atoms with E-state index in [1.807, 2.05) is 24.3 Å². The summed E-state index contributed by atoms with van der Waals surface area (Å²) in [6, 6.07) is 16.5. The summed E-state index contributed by atoms with van der Waals surface area (Å²) in [6.07, 6.45) is -0.472. The Morgan fingerprint density at radius 1 is 0.240 bits per heavy atom. The second kappa shape index (κ2) is 77.3. The zero-order chi connectivity index (χ0) is 73.5. The van der Waals surface area contributed by atoms with Crippen LogP contribution in [-0.4, -0.2) is 387 Å². The number of carboxylic acids is 1. The molecule has 2 aromatic rings. The fourth-order valence-corrected chi connectivity index (χ4v) is 8.85. The van der Waals surface area contributed by atoms with Gasteiger partial charge in [-0.3, -0.25) is 4.79 Å². The summed E-state index contributed by atoms with van der Waals surface area (Å²) in [5, 5.41) is 11.3. The van der Waals surface area contributed by atoms with Gasteiger partial charge < -0.3 is 143 Å². The Kier molecular flexibility index (Phi) is 70.1. The molecular weight excluding hydrogens is 1370 g/mol. The number of carboxylic acid groups (broad SMARTS) is 1. The summed E-state index contributed by atoms with van der Waals surface area (Å²) in [4.78, 5) is 22.7. The molecule has 0 aliphatic heterocycles. The molecule has 0 radical (unpaired) electrons. The van der Waals surface area contributed by atoms with Crippen LogP contribution in [0.1, 0.15) is 23.5 Å². The Bertz CT molecular complexity index is 2090. The number of aliphatic carboxylic acids is 1. The van der Waals surface area contributed by atoms with Gasteiger partial charge in [-0.25, -0.2) is 4.79 Å². The number of fused-ring (bicyclic) bond motifs is 3. The molecular formula is C72H125NO31. The second-order valence-corrected chi connectivity index (χ2v) is 21.9. The fraction of sp³-hybridized carbons (Fsp3) is 0.806. The molecule has 0 heterocycles. The molecule has 3 rings (SSSR count). The standard InChI is InChI=1S/C72H125NO31/c74-71(75)9-11-77-13-15-79-17-19-81-21-23-83-25-27-85-29-31-87-33-35-89-37-39-91-41-43-93-45-47-95-49-51-97-53-55-99-57-59-101-61-63-103-64-62-102-60-58-100-56-54-98-52-50-96-48-46-94-44-42-92-40-38-90-36-34-88-32-30-86-28-26-84-24-22-82-20-18-80-16-14-78-12-10-73-72(76)104-65-70-68-7-3-1-5-66(68)67-6-2-4-8-69(67)70/h1-8,70H,9-65H2,(H,73,76)(H,74,75). The lowest BCUT2D eigenvalue weighted by molar-refractivity contribution is -0.138. The topological polar surface area (TPSA) is 325 Å². The highest BCUT2D eigenvalue weighted by atomic mass is 16.6. The molecule has 32 nitrogen and oxygen atoms in total. The molecule has 0 fully saturated rings. The van der Waals surface area contributed by atoms with E-state index in [0.717, 1.165) is 0 Å². The van der Waals surface area contributed by atoms with Crippen LogP contribution in [-0.2, 0) is 137 Å². The molecule has 1 amide bonds. The fourth-order valence-electron chi connectivity index (χ4n) is 8.85. The minimum absolute atomic E-state index is 0.0120. The van der Waals surface area contributed by atoms with Gasteiger partial charge in [-0.1, -0.05) is 48.5 Å². The molecule has 1 aliphatic carbocycles. The third-order valence-corrected chi connectivity index (χ3v) is 14.0. The van der Waals surface area contributed by atoms with Crippen molar-refractivity contribution in [1.82, 2.24) is 5.32 Å². The van der Waals surface area contributed by atoms with E-state index in [2.05, 4.69) is 29.6 Å². The van der Waals surface area contributed by atoms with Gasteiger partial charge in [0.25, 0.3) is 0 Å². The zero-order valence-corrected chi connectivity index (χ0v) is 61.7. The Morgan fingerprint density at radius 3 is 0.587 bits per heavy atom. The van der Waals surface area contributed by atoms with Gasteiger partial charge in [-0.15, -0.1) is 0 Å². The highest BCUT2D eigenvalue weighted by molar-refractivity contribution is 5.79. The van der Waals surface area contributed by atoms with E-state index < -0.39 is 12.1 Å². The van der Waals surface area contributed by atoms with Crippen LogP contribution < -0.4 is 5.32 Å². The van der Waals surface area contributed by atoms with Gasteiger partial charge in [0.15, 0.2) is 0 Å². The predicted molar refractivity (Wildman–Crippen MR) is 377 cm³/mol. The van der Waals surface area contributed by atoms with Gasteiger partial charge in [0.2, 0.25) is 0 Å². The first-order chi connectivity index (χ1) is 51.7. The minimum Gasteiger partial charge on any atom is -0.481 e. The van der Waals surface area contributed by atoms with Crippen LogP contribution in [0, 0.1) is 0 Å². The first-order valence-electron chi connectivity index (χ1n) is 36.6. The largest absolute Gasteiger partial charge is 0.481 e. The number of rotatable bonds is 86. The number of ether oxygens (including phenoxy) is 28. The number of carbonyl (C=O) groups excluding carboxylic acids is 1. The average molecular weight is 1500 g/mol. The summed E-state index contributed by atoms with van der Waals surface area (Å²) in [5.41, 5.74) is 4.74. The molecule has 0 saturated heterocycles. The summed E-state index contributed by atoms with van der Waals surface area (Å²) >= 11 is 0.